The van der Waals surface area contributed by atoms with E-state index in [1.807, 2.05) is 31.2 Å². The molecule has 1 spiro atoms. The fourth-order valence-corrected chi connectivity index (χ4v) is 4.34. The predicted molar refractivity (Wildman–Crippen MR) is 95.4 cm³/mol. The first-order chi connectivity index (χ1) is 12.5. The van der Waals surface area contributed by atoms with Gasteiger partial charge in [-0.25, -0.2) is 9.78 Å². The molecule has 4 rings (SSSR count). The van der Waals surface area contributed by atoms with E-state index >= 15 is 0 Å². The van der Waals surface area contributed by atoms with Crippen LogP contribution in [0.3, 0.4) is 0 Å². The minimum atomic E-state index is -1.03. The highest BCUT2D eigenvalue weighted by molar-refractivity contribution is 7.11. The van der Waals surface area contributed by atoms with Crippen LogP contribution in [0.5, 0.6) is 0 Å². The number of aryl methyl sites for hydroxylation is 2. The van der Waals surface area contributed by atoms with E-state index in [9.17, 15) is 14.4 Å². The summed E-state index contributed by atoms with van der Waals surface area (Å²) in [4.78, 5) is 43.6. The highest BCUT2D eigenvalue weighted by Gasteiger charge is 2.55. The number of aromatic nitrogens is 1. The molecule has 1 fully saturated rings. The van der Waals surface area contributed by atoms with Gasteiger partial charge in [0.1, 0.15) is 12.1 Å². The largest absolute Gasteiger partial charge is 0.350 e. The molecule has 8 heteroatoms. The van der Waals surface area contributed by atoms with Crippen molar-refractivity contribution in [3.63, 3.8) is 0 Å². The maximum absolute atomic E-state index is 13.0. The molecule has 4 amide bonds. The number of thiazole rings is 1. The average molecular weight is 370 g/mol. The number of carbonyl (C=O) groups excluding carboxylic acids is 3. The molecule has 1 unspecified atom stereocenters. The molecule has 1 saturated heterocycles. The molecule has 0 bridgehead atoms. The summed E-state index contributed by atoms with van der Waals surface area (Å²) in [5, 5.41) is 6.47. The molecule has 1 aliphatic heterocycles. The monoisotopic (exact) mass is 370 g/mol. The van der Waals surface area contributed by atoms with Gasteiger partial charge < -0.3 is 10.6 Å². The molecule has 1 aliphatic carbocycles. The number of urea groups is 1. The lowest BCUT2D eigenvalue weighted by atomic mass is 9.92. The van der Waals surface area contributed by atoms with Gasteiger partial charge in [0, 0.05) is 11.1 Å². The van der Waals surface area contributed by atoms with Crippen molar-refractivity contribution < 1.29 is 14.4 Å². The summed E-state index contributed by atoms with van der Waals surface area (Å²) in [5.41, 5.74) is 0.873. The van der Waals surface area contributed by atoms with Gasteiger partial charge >= 0.3 is 6.03 Å². The predicted octanol–water partition coefficient (Wildman–Crippen LogP) is 1.46. The number of imide groups is 1. The van der Waals surface area contributed by atoms with Gasteiger partial charge in [-0.3, -0.25) is 14.5 Å². The Balaban J connectivity index is 1.46. The molecule has 1 aromatic carbocycles. The quantitative estimate of drug-likeness (QED) is 0.797. The third-order valence-corrected chi connectivity index (χ3v) is 5.77. The highest BCUT2D eigenvalue weighted by atomic mass is 32.1. The Hall–Kier alpha value is -2.74. The van der Waals surface area contributed by atoms with Crippen LogP contribution in [0.1, 0.15) is 27.4 Å². The second-order valence-electron chi connectivity index (χ2n) is 6.51. The molecule has 0 saturated carbocycles. The molecule has 26 heavy (non-hydrogen) atoms. The van der Waals surface area contributed by atoms with Crippen LogP contribution in [0.2, 0.25) is 0 Å². The zero-order valence-corrected chi connectivity index (χ0v) is 15.1. The van der Waals surface area contributed by atoms with Gasteiger partial charge in [0.25, 0.3) is 5.91 Å². The molecule has 2 aliphatic rings. The normalized spacial score (nSPS) is 21.2. The van der Waals surface area contributed by atoms with Crippen molar-refractivity contribution in [1.82, 2.24) is 20.5 Å². The zero-order chi connectivity index (χ0) is 18.3. The number of hydrogen-bond donors (Lipinski definition) is 2. The Morgan fingerprint density at radius 3 is 2.96 bits per heavy atom. The third kappa shape index (κ3) is 2.66. The van der Waals surface area contributed by atoms with Gasteiger partial charge in [0.05, 0.1) is 11.6 Å². The summed E-state index contributed by atoms with van der Waals surface area (Å²) in [7, 11) is 0. The van der Waals surface area contributed by atoms with Crippen molar-refractivity contribution in [3.8, 4) is 0 Å². The summed E-state index contributed by atoms with van der Waals surface area (Å²) >= 11 is 1.50. The smallest absolute Gasteiger partial charge is 0.325 e. The number of nitrogens with one attached hydrogen (secondary N) is 2. The van der Waals surface area contributed by atoms with Gasteiger partial charge in [-0.2, -0.15) is 0 Å². The van der Waals surface area contributed by atoms with Gasteiger partial charge in [-0.1, -0.05) is 24.3 Å². The molecule has 0 radical (unpaired) electrons. The molecule has 2 aromatic rings. The van der Waals surface area contributed by atoms with E-state index in [4.69, 9.17) is 0 Å². The molecule has 2 N–H and O–H groups in total. The van der Waals surface area contributed by atoms with Crippen LogP contribution < -0.4 is 10.6 Å². The van der Waals surface area contributed by atoms with Crippen molar-refractivity contribution in [3.05, 3.63) is 51.5 Å². The van der Waals surface area contributed by atoms with Crippen LogP contribution >= 0.6 is 11.3 Å². The number of amides is 4. The maximum atomic E-state index is 13.0. The van der Waals surface area contributed by atoms with E-state index in [1.165, 1.54) is 11.3 Å². The van der Waals surface area contributed by atoms with Gasteiger partial charge in [-0.05, 0) is 30.9 Å². The highest BCUT2D eigenvalue weighted by Crippen LogP contribution is 2.41. The van der Waals surface area contributed by atoms with Crippen LogP contribution in [0.4, 0.5) is 4.79 Å². The van der Waals surface area contributed by atoms with E-state index in [1.54, 1.807) is 6.20 Å². The van der Waals surface area contributed by atoms with Crippen molar-refractivity contribution in [2.45, 2.75) is 31.8 Å². The van der Waals surface area contributed by atoms with Gasteiger partial charge in [0.15, 0.2) is 0 Å². The van der Waals surface area contributed by atoms with Crippen molar-refractivity contribution in [1.29, 1.82) is 0 Å². The zero-order valence-electron chi connectivity index (χ0n) is 14.2. The lowest BCUT2D eigenvalue weighted by molar-refractivity contribution is -0.135. The minimum Gasteiger partial charge on any atom is -0.350 e. The summed E-state index contributed by atoms with van der Waals surface area (Å²) in [5.74, 6) is -0.723. The number of rotatable bonds is 4. The fraction of sp³-hybridized carbons (Fsp3) is 0.333. The SMILES string of the molecule is Cc1ncc(CNC(=O)CN2C(=O)NC3(CCc4ccccc43)C2=O)s1. The van der Waals surface area contributed by atoms with Crippen LogP contribution in [-0.2, 0) is 28.1 Å². The van der Waals surface area contributed by atoms with E-state index in [0.29, 0.717) is 13.0 Å². The summed E-state index contributed by atoms with van der Waals surface area (Å²) in [6.45, 7) is 1.94. The Bertz CT molecular complexity index is 909. The van der Waals surface area contributed by atoms with E-state index < -0.39 is 11.6 Å². The molecule has 1 atom stereocenters. The number of benzene rings is 1. The number of fused-ring (bicyclic) bond motifs is 2. The molecule has 2 heterocycles. The minimum absolute atomic E-state index is 0.285. The Morgan fingerprint density at radius 2 is 2.19 bits per heavy atom. The Morgan fingerprint density at radius 1 is 1.38 bits per heavy atom. The van der Waals surface area contributed by atoms with Crippen LogP contribution in [0.25, 0.3) is 0 Å². The fourth-order valence-electron chi connectivity index (χ4n) is 3.61. The first-order valence-electron chi connectivity index (χ1n) is 8.40. The summed E-state index contributed by atoms with van der Waals surface area (Å²) in [6.07, 6.45) is 2.96. The standard InChI is InChI=1S/C18H18N4O3S/c1-11-19-8-13(26-11)9-20-15(23)10-22-16(24)18(21-17(22)25)7-6-12-4-2-3-5-14(12)18/h2-5,8H,6-7,9-10H2,1H3,(H,20,23)(H,21,25). The van der Waals surface area contributed by atoms with Crippen LogP contribution in [0.15, 0.2) is 30.5 Å². The molecule has 7 nitrogen and oxygen atoms in total. The van der Waals surface area contributed by atoms with Gasteiger partial charge in [0.2, 0.25) is 5.91 Å². The first-order valence-corrected chi connectivity index (χ1v) is 9.22. The third-order valence-electron chi connectivity index (χ3n) is 4.85. The Labute approximate surface area is 154 Å². The van der Waals surface area contributed by atoms with E-state index in [2.05, 4.69) is 15.6 Å². The van der Waals surface area contributed by atoms with Crippen molar-refractivity contribution >= 4 is 29.2 Å². The van der Waals surface area contributed by atoms with Crippen molar-refractivity contribution in [2.24, 2.45) is 0 Å². The van der Waals surface area contributed by atoms with E-state index in [-0.39, 0.29) is 18.4 Å². The molecule has 134 valence electrons. The van der Waals surface area contributed by atoms with Crippen molar-refractivity contribution in [2.75, 3.05) is 6.54 Å². The second-order valence-corrected chi connectivity index (χ2v) is 7.83. The lowest BCUT2D eigenvalue weighted by Gasteiger charge is -2.22. The summed E-state index contributed by atoms with van der Waals surface area (Å²) < 4.78 is 0. The number of hydrogen-bond acceptors (Lipinski definition) is 5. The molecular weight excluding hydrogens is 352 g/mol. The molecule has 1 aromatic heterocycles. The van der Waals surface area contributed by atoms with Gasteiger partial charge in [-0.15, -0.1) is 11.3 Å². The van der Waals surface area contributed by atoms with Crippen LogP contribution in [0, 0.1) is 6.92 Å². The maximum Gasteiger partial charge on any atom is 0.325 e. The summed E-state index contributed by atoms with van der Waals surface area (Å²) in [6, 6.07) is 7.10. The molecular formula is C18H18N4O3S. The average Bonchev–Trinajstić information content (AvgIpc) is 3.28. The second kappa shape index (κ2) is 6.21. The number of nitrogens with zero attached hydrogens (tertiary/aromatic N) is 2. The first kappa shape index (κ1) is 16.7. The van der Waals surface area contributed by atoms with Crippen LogP contribution in [-0.4, -0.2) is 34.3 Å². The lowest BCUT2D eigenvalue weighted by Crippen LogP contribution is -2.43. The Kier molecular flexibility index (Phi) is 3.99. The number of carbonyl (C=O) groups is 3. The van der Waals surface area contributed by atoms with E-state index in [0.717, 1.165) is 32.3 Å². The topological polar surface area (TPSA) is 91.4 Å².